The van der Waals surface area contributed by atoms with Gasteiger partial charge in [-0.2, -0.15) is 0 Å². The summed E-state index contributed by atoms with van der Waals surface area (Å²) in [7, 11) is 0. The van der Waals surface area contributed by atoms with Crippen molar-refractivity contribution in [2.24, 2.45) is 5.92 Å². The average molecular weight is 273 g/mol. The molecule has 0 amide bonds. The molecule has 0 saturated heterocycles. The van der Waals surface area contributed by atoms with Crippen LogP contribution in [0.5, 0.6) is 0 Å². The van der Waals surface area contributed by atoms with Gasteiger partial charge in [0.2, 0.25) is 0 Å². The van der Waals surface area contributed by atoms with Crippen LogP contribution in [0.3, 0.4) is 0 Å². The van der Waals surface area contributed by atoms with Crippen LogP contribution in [0, 0.1) is 11.7 Å². The second-order valence-electron chi connectivity index (χ2n) is 4.77. The lowest BCUT2D eigenvalue weighted by atomic mass is 9.93. The highest BCUT2D eigenvalue weighted by Crippen LogP contribution is 2.16. The van der Waals surface area contributed by atoms with Gasteiger partial charge in [0.1, 0.15) is 5.82 Å². The molecule has 2 aromatic rings. The summed E-state index contributed by atoms with van der Waals surface area (Å²) in [6.07, 6.45) is 5.06. The Bertz CT molecular complexity index is 554. The fourth-order valence-corrected chi connectivity index (χ4v) is 2.10. The number of carboxylic acids is 1. The summed E-state index contributed by atoms with van der Waals surface area (Å²) >= 11 is 0. The number of halogens is 1. The Morgan fingerprint density at radius 3 is 2.55 bits per heavy atom. The first kappa shape index (κ1) is 14.2. The van der Waals surface area contributed by atoms with Crippen LogP contribution in [0.2, 0.25) is 0 Å². The number of nitrogens with zero attached hydrogens (tertiary/aromatic N) is 1. The Labute approximate surface area is 117 Å². The average Bonchev–Trinajstić information content (AvgIpc) is 2.46. The van der Waals surface area contributed by atoms with Crippen molar-refractivity contribution in [3.63, 3.8) is 0 Å². The van der Waals surface area contributed by atoms with Gasteiger partial charge in [-0.1, -0.05) is 18.2 Å². The van der Waals surface area contributed by atoms with Crippen LogP contribution < -0.4 is 0 Å². The van der Waals surface area contributed by atoms with E-state index in [1.54, 1.807) is 24.5 Å². The Hall–Kier alpha value is -2.23. The third-order valence-electron chi connectivity index (χ3n) is 3.25. The van der Waals surface area contributed by atoms with Crippen molar-refractivity contribution in [2.75, 3.05) is 0 Å². The van der Waals surface area contributed by atoms with Crippen molar-refractivity contribution in [2.45, 2.75) is 19.3 Å². The van der Waals surface area contributed by atoms with Crippen LogP contribution in [0.15, 0.2) is 48.8 Å². The highest BCUT2D eigenvalue weighted by Gasteiger charge is 2.18. The van der Waals surface area contributed by atoms with Gasteiger partial charge in [0.15, 0.2) is 0 Å². The Balaban J connectivity index is 1.97. The zero-order chi connectivity index (χ0) is 14.4. The van der Waals surface area contributed by atoms with E-state index in [2.05, 4.69) is 4.98 Å². The van der Waals surface area contributed by atoms with E-state index in [0.717, 1.165) is 11.1 Å². The van der Waals surface area contributed by atoms with Crippen LogP contribution in [0.4, 0.5) is 4.39 Å². The molecule has 0 fully saturated rings. The maximum atomic E-state index is 12.8. The van der Waals surface area contributed by atoms with Crippen molar-refractivity contribution in [3.8, 4) is 0 Å². The number of pyridine rings is 1. The van der Waals surface area contributed by atoms with Gasteiger partial charge in [0.05, 0.1) is 5.92 Å². The van der Waals surface area contributed by atoms with Gasteiger partial charge in [0, 0.05) is 12.4 Å². The summed E-state index contributed by atoms with van der Waals surface area (Å²) in [6, 6.07) is 9.75. The van der Waals surface area contributed by atoms with E-state index in [9.17, 15) is 14.3 Å². The molecule has 0 aliphatic heterocycles. The van der Waals surface area contributed by atoms with E-state index in [-0.39, 0.29) is 5.82 Å². The molecule has 3 nitrogen and oxygen atoms in total. The predicted octanol–water partition coefficient (Wildman–Crippen LogP) is 3.10. The van der Waals surface area contributed by atoms with Crippen molar-refractivity contribution in [1.82, 2.24) is 4.98 Å². The smallest absolute Gasteiger partial charge is 0.306 e. The number of rotatable bonds is 6. The molecular weight excluding hydrogens is 257 g/mol. The first-order chi connectivity index (χ1) is 9.65. The van der Waals surface area contributed by atoms with Crippen molar-refractivity contribution >= 4 is 5.97 Å². The number of aromatic nitrogens is 1. The van der Waals surface area contributed by atoms with Gasteiger partial charge in [-0.25, -0.2) is 4.39 Å². The monoisotopic (exact) mass is 273 g/mol. The zero-order valence-corrected chi connectivity index (χ0v) is 11.0. The molecule has 1 aromatic heterocycles. The number of carbonyl (C=O) groups is 1. The molecule has 1 aromatic carbocycles. The lowest BCUT2D eigenvalue weighted by Gasteiger charge is -2.12. The van der Waals surface area contributed by atoms with Crippen LogP contribution in [-0.2, 0) is 17.6 Å². The van der Waals surface area contributed by atoms with Gasteiger partial charge >= 0.3 is 5.97 Å². The fourth-order valence-electron chi connectivity index (χ4n) is 2.10. The SMILES string of the molecule is O=C(O)C(CCc1cccnc1)Cc1ccc(F)cc1. The number of carboxylic acid groups (broad SMARTS) is 1. The maximum absolute atomic E-state index is 12.8. The first-order valence-corrected chi connectivity index (χ1v) is 6.51. The minimum atomic E-state index is -0.821. The Kier molecular flexibility index (Phi) is 4.82. The fraction of sp³-hybridized carbons (Fsp3) is 0.250. The largest absolute Gasteiger partial charge is 0.481 e. The van der Waals surface area contributed by atoms with Crippen molar-refractivity contribution in [3.05, 3.63) is 65.7 Å². The standard InChI is InChI=1S/C16H16FNO2/c17-15-7-4-12(5-8-15)10-14(16(19)20)6-3-13-2-1-9-18-11-13/h1-2,4-5,7-9,11,14H,3,6,10H2,(H,19,20). The molecule has 0 spiro atoms. The zero-order valence-electron chi connectivity index (χ0n) is 11.0. The lowest BCUT2D eigenvalue weighted by Crippen LogP contribution is -2.17. The van der Waals surface area contributed by atoms with E-state index in [1.807, 2.05) is 12.1 Å². The molecule has 0 aliphatic rings. The predicted molar refractivity (Wildman–Crippen MR) is 73.8 cm³/mol. The number of hydrogen-bond acceptors (Lipinski definition) is 2. The minimum absolute atomic E-state index is 0.309. The summed E-state index contributed by atoms with van der Waals surface area (Å²) in [5.74, 6) is -1.60. The summed E-state index contributed by atoms with van der Waals surface area (Å²) in [4.78, 5) is 15.3. The van der Waals surface area contributed by atoms with Crippen LogP contribution in [0.1, 0.15) is 17.5 Å². The van der Waals surface area contributed by atoms with Crippen LogP contribution in [0.25, 0.3) is 0 Å². The van der Waals surface area contributed by atoms with Crippen molar-refractivity contribution in [1.29, 1.82) is 0 Å². The van der Waals surface area contributed by atoms with E-state index in [0.29, 0.717) is 19.3 Å². The molecule has 0 bridgehead atoms. The van der Waals surface area contributed by atoms with Crippen molar-refractivity contribution < 1.29 is 14.3 Å². The third-order valence-corrected chi connectivity index (χ3v) is 3.25. The van der Waals surface area contributed by atoms with Gasteiger partial charge < -0.3 is 5.11 Å². The molecule has 104 valence electrons. The molecule has 1 unspecified atom stereocenters. The second-order valence-corrected chi connectivity index (χ2v) is 4.77. The molecular formula is C16H16FNO2. The van der Waals surface area contributed by atoms with Gasteiger partial charge in [-0.15, -0.1) is 0 Å². The highest BCUT2D eigenvalue weighted by molar-refractivity contribution is 5.70. The number of aliphatic carboxylic acids is 1. The summed E-state index contributed by atoms with van der Waals surface area (Å²) in [5, 5.41) is 9.28. The first-order valence-electron chi connectivity index (χ1n) is 6.51. The molecule has 0 radical (unpaired) electrons. The maximum Gasteiger partial charge on any atom is 0.306 e. The van der Waals surface area contributed by atoms with Crippen LogP contribution >= 0.6 is 0 Å². The summed E-state index contributed by atoms with van der Waals surface area (Å²) < 4.78 is 12.8. The number of benzene rings is 1. The van der Waals surface area contributed by atoms with Gasteiger partial charge in [-0.05, 0) is 48.6 Å². The molecule has 20 heavy (non-hydrogen) atoms. The van der Waals surface area contributed by atoms with Gasteiger partial charge in [-0.3, -0.25) is 9.78 Å². The van der Waals surface area contributed by atoms with Gasteiger partial charge in [0.25, 0.3) is 0 Å². The highest BCUT2D eigenvalue weighted by atomic mass is 19.1. The lowest BCUT2D eigenvalue weighted by molar-refractivity contribution is -0.141. The van der Waals surface area contributed by atoms with Crippen LogP contribution in [-0.4, -0.2) is 16.1 Å². The molecule has 1 atom stereocenters. The summed E-state index contributed by atoms with van der Waals surface area (Å²) in [6.45, 7) is 0. The number of hydrogen-bond donors (Lipinski definition) is 1. The molecule has 4 heteroatoms. The third kappa shape index (κ3) is 4.16. The quantitative estimate of drug-likeness (QED) is 0.879. The molecule has 0 saturated carbocycles. The summed E-state index contributed by atoms with van der Waals surface area (Å²) in [5.41, 5.74) is 1.86. The molecule has 0 aliphatic carbocycles. The normalized spacial score (nSPS) is 12.1. The van der Waals surface area contributed by atoms with E-state index in [4.69, 9.17) is 0 Å². The topological polar surface area (TPSA) is 50.2 Å². The molecule has 1 N–H and O–H groups in total. The molecule has 2 rings (SSSR count). The second kappa shape index (κ2) is 6.80. The molecule has 1 heterocycles. The number of aryl methyl sites for hydroxylation is 1. The van der Waals surface area contributed by atoms with E-state index < -0.39 is 11.9 Å². The van der Waals surface area contributed by atoms with E-state index in [1.165, 1.54) is 12.1 Å². The Morgan fingerprint density at radius 2 is 1.95 bits per heavy atom. The minimum Gasteiger partial charge on any atom is -0.481 e. The Morgan fingerprint density at radius 1 is 1.20 bits per heavy atom. The van der Waals surface area contributed by atoms with E-state index >= 15 is 0 Å².